The van der Waals surface area contributed by atoms with Gasteiger partial charge in [0.2, 0.25) is 10.4 Å². The summed E-state index contributed by atoms with van der Waals surface area (Å²) in [5.74, 6) is -2.69. The number of hydrogen-bond acceptors (Lipinski definition) is 1. The Bertz CT molecular complexity index is 271. The van der Waals surface area contributed by atoms with Crippen LogP contribution in [-0.4, -0.2) is 10.4 Å². The summed E-state index contributed by atoms with van der Waals surface area (Å²) < 4.78 is 25.9. The van der Waals surface area contributed by atoms with Crippen LogP contribution in [0.25, 0.3) is 0 Å². The van der Waals surface area contributed by atoms with E-state index in [4.69, 9.17) is 23.2 Å². The molecule has 1 nitrogen and oxygen atoms in total. The molecule has 0 aromatic heterocycles. The van der Waals surface area contributed by atoms with E-state index in [1.54, 1.807) is 0 Å². The Morgan fingerprint density at radius 3 is 2.58 bits per heavy atom. The van der Waals surface area contributed by atoms with Crippen molar-refractivity contribution in [2.75, 3.05) is 0 Å². The van der Waals surface area contributed by atoms with Crippen LogP contribution >= 0.6 is 23.2 Å². The first kappa shape index (κ1) is 9.68. The molecule has 2 atom stereocenters. The largest absolute Gasteiger partial charge is 0.280 e. The van der Waals surface area contributed by atoms with Crippen molar-refractivity contribution < 1.29 is 13.6 Å². The quantitative estimate of drug-likeness (QED) is 0.483. The number of hydrogen-bond donors (Lipinski definition) is 0. The van der Waals surface area contributed by atoms with Crippen LogP contribution in [0, 0.1) is 5.92 Å². The van der Waals surface area contributed by atoms with Crippen molar-refractivity contribution >= 4 is 28.4 Å². The fourth-order valence-electron chi connectivity index (χ4n) is 0.904. The SMILES string of the molecule is O=C(Cl)C1C(F)=CC=CC1(F)Cl. The maximum absolute atomic E-state index is 13.1. The average molecular weight is 213 g/mol. The predicted molar refractivity (Wildman–Crippen MR) is 42.4 cm³/mol. The predicted octanol–water partition coefficient (Wildman–Crippen LogP) is 2.70. The Labute approximate surface area is 77.6 Å². The number of carbonyl (C=O) groups excluding carboxylic acids is 1. The van der Waals surface area contributed by atoms with Gasteiger partial charge in [-0.3, -0.25) is 4.79 Å². The second kappa shape index (κ2) is 3.15. The van der Waals surface area contributed by atoms with Crippen molar-refractivity contribution in [3.8, 4) is 0 Å². The number of alkyl halides is 2. The van der Waals surface area contributed by atoms with Crippen LogP contribution < -0.4 is 0 Å². The molecule has 0 heterocycles. The first-order valence-electron chi connectivity index (χ1n) is 3.07. The first-order valence-corrected chi connectivity index (χ1v) is 3.83. The summed E-state index contributed by atoms with van der Waals surface area (Å²) in [7, 11) is 0. The summed E-state index contributed by atoms with van der Waals surface area (Å²) in [5, 5.41) is -3.69. The highest BCUT2D eigenvalue weighted by Crippen LogP contribution is 2.38. The number of allylic oxidation sites excluding steroid dienone is 4. The van der Waals surface area contributed by atoms with Gasteiger partial charge in [-0.05, 0) is 23.8 Å². The molecule has 2 unspecified atom stereocenters. The van der Waals surface area contributed by atoms with Crippen LogP contribution in [0.5, 0.6) is 0 Å². The molecule has 1 rings (SSSR count). The van der Waals surface area contributed by atoms with E-state index in [2.05, 4.69) is 0 Å². The van der Waals surface area contributed by atoms with E-state index in [1.807, 2.05) is 0 Å². The molecule has 0 N–H and O–H groups in total. The van der Waals surface area contributed by atoms with Gasteiger partial charge in [-0.2, -0.15) is 0 Å². The van der Waals surface area contributed by atoms with Gasteiger partial charge in [-0.15, -0.1) is 0 Å². The zero-order valence-electron chi connectivity index (χ0n) is 5.73. The van der Waals surface area contributed by atoms with Gasteiger partial charge in [0, 0.05) is 0 Å². The van der Waals surface area contributed by atoms with Gasteiger partial charge in [-0.1, -0.05) is 17.7 Å². The average Bonchev–Trinajstić information content (AvgIpc) is 1.82. The Balaban J connectivity index is 3.03. The lowest BCUT2D eigenvalue weighted by Gasteiger charge is -2.22. The van der Waals surface area contributed by atoms with Crippen molar-refractivity contribution in [3.63, 3.8) is 0 Å². The highest BCUT2D eigenvalue weighted by molar-refractivity contribution is 6.65. The van der Waals surface area contributed by atoms with Gasteiger partial charge in [0.15, 0.2) is 0 Å². The number of halogens is 4. The summed E-state index contributed by atoms with van der Waals surface area (Å²) in [6, 6.07) is 0. The molecule has 1 aliphatic carbocycles. The molecule has 1 aliphatic rings. The van der Waals surface area contributed by atoms with E-state index in [0.717, 1.165) is 18.2 Å². The van der Waals surface area contributed by atoms with E-state index < -0.39 is 22.1 Å². The fraction of sp³-hybridized carbons (Fsp3) is 0.286. The van der Waals surface area contributed by atoms with E-state index in [-0.39, 0.29) is 0 Å². The molecule has 0 spiro atoms. The van der Waals surface area contributed by atoms with E-state index >= 15 is 0 Å². The Morgan fingerprint density at radius 2 is 2.25 bits per heavy atom. The zero-order chi connectivity index (χ0) is 9.35. The van der Waals surface area contributed by atoms with Crippen LogP contribution in [0.4, 0.5) is 8.78 Å². The molecular weight excluding hydrogens is 209 g/mol. The molecule has 0 fully saturated rings. The maximum Gasteiger partial charge on any atom is 0.236 e. The second-order valence-corrected chi connectivity index (χ2v) is 3.27. The van der Waals surface area contributed by atoms with Crippen molar-refractivity contribution in [2.24, 2.45) is 5.92 Å². The molecule has 0 saturated heterocycles. The van der Waals surface area contributed by atoms with Crippen LogP contribution in [0.3, 0.4) is 0 Å². The van der Waals surface area contributed by atoms with Gasteiger partial charge >= 0.3 is 0 Å². The van der Waals surface area contributed by atoms with Crippen LogP contribution in [-0.2, 0) is 4.79 Å². The lowest BCUT2D eigenvalue weighted by atomic mass is 9.98. The summed E-state index contributed by atoms with van der Waals surface area (Å²) >= 11 is 10.1. The molecule has 0 amide bonds. The summed E-state index contributed by atoms with van der Waals surface area (Å²) in [5.41, 5.74) is 0. The number of rotatable bonds is 1. The number of carbonyl (C=O) groups is 1. The highest BCUT2D eigenvalue weighted by Gasteiger charge is 2.43. The minimum absolute atomic E-state index is 0.878. The van der Waals surface area contributed by atoms with Crippen molar-refractivity contribution in [2.45, 2.75) is 5.13 Å². The molecule has 0 saturated carbocycles. The summed E-state index contributed by atoms with van der Waals surface area (Å²) in [4.78, 5) is 10.6. The summed E-state index contributed by atoms with van der Waals surface area (Å²) in [6.07, 6.45) is 2.92. The van der Waals surface area contributed by atoms with E-state index in [0.29, 0.717) is 0 Å². The van der Waals surface area contributed by atoms with Gasteiger partial charge in [0.05, 0.1) is 0 Å². The molecular formula is C7H4Cl2F2O. The minimum atomic E-state index is -2.54. The van der Waals surface area contributed by atoms with Gasteiger partial charge in [-0.25, -0.2) is 8.78 Å². The summed E-state index contributed by atoms with van der Waals surface area (Å²) in [6.45, 7) is 0. The normalized spacial score (nSPS) is 34.7. The Morgan fingerprint density at radius 1 is 1.67 bits per heavy atom. The Kier molecular flexibility index (Phi) is 2.54. The third-order valence-corrected chi connectivity index (χ3v) is 2.02. The third kappa shape index (κ3) is 1.67. The first-order chi connectivity index (χ1) is 5.45. The third-order valence-electron chi connectivity index (χ3n) is 1.46. The fourth-order valence-corrected chi connectivity index (χ4v) is 1.50. The van der Waals surface area contributed by atoms with E-state index in [9.17, 15) is 13.6 Å². The van der Waals surface area contributed by atoms with Crippen LogP contribution in [0.2, 0.25) is 0 Å². The monoisotopic (exact) mass is 212 g/mol. The molecule has 12 heavy (non-hydrogen) atoms. The van der Waals surface area contributed by atoms with Crippen molar-refractivity contribution in [1.29, 1.82) is 0 Å². The minimum Gasteiger partial charge on any atom is -0.280 e. The second-order valence-electron chi connectivity index (χ2n) is 2.32. The van der Waals surface area contributed by atoms with Crippen LogP contribution in [0.15, 0.2) is 24.1 Å². The molecule has 0 aromatic rings. The van der Waals surface area contributed by atoms with E-state index in [1.165, 1.54) is 0 Å². The maximum atomic E-state index is 13.1. The molecule has 5 heteroatoms. The van der Waals surface area contributed by atoms with Crippen molar-refractivity contribution in [1.82, 2.24) is 0 Å². The highest BCUT2D eigenvalue weighted by atomic mass is 35.5. The topological polar surface area (TPSA) is 17.1 Å². The molecule has 0 bridgehead atoms. The molecule has 0 aliphatic heterocycles. The van der Waals surface area contributed by atoms with Gasteiger partial charge in [0.1, 0.15) is 11.7 Å². The lowest BCUT2D eigenvalue weighted by Crippen LogP contribution is -2.31. The Hall–Kier alpha value is -0.410. The molecule has 66 valence electrons. The molecule has 0 radical (unpaired) electrons. The van der Waals surface area contributed by atoms with Gasteiger partial charge in [0.25, 0.3) is 0 Å². The molecule has 0 aromatic carbocycles. The lowest BCUT2D eigenvalue weighted by molar-refractivity contribution is -0.116. The van der Waals surface area contributed by atoms with Crippen molar-refractivity contribution in [3.05, 3.63) is 24.1 Å². The van der Waals surface area contributed by atoms with Crippen LogP contribution in [0.1, 0.15) is 0 Å². The zero-order valence-corrected chi connectivity index (χ0v) is 7.24. The van der Waals surface area contributed by atoms with Gasteiger partial charge < -0.3 is 0 Å². The standard InChI is InChI=1S/C7H4Cl2F2O/c8-6(12)5-4(10)2-1-3-7(5,9)11/h1-3,5H. The smallest absolute Gasteiger partial charge is 0.236 e.